The average molecular weight is 253 g/mol. The molecule has 2 unspecified atom stereocenters. The van der Waals surface area contributed by atoms with Crippen molar-refractivity contribution in [3.8, 4) is 0 Å². The lowest BCUT2D eigenvalue weighted by molar-refractivity contribution is 0.217. The summed E-state index contributed by atoms with van der Waals surface area (Å²) in [5.74, 6) is -0.113. The Kier molecular flexibility index (Phi) is 4.00. The molecule has 1 saturated carbocycles. The molecule has 2 atom stereocenters. The van der Waals surface area contributed by atoms with E-state index in [4.69, 9.17) is 5.73 Å². The Labute approximate surface area is 107 Å². The van der Waals surface area contributed by atoms with Crippen LogP contribution in [-0.2, 0) is 6.42 Å². The summed E-state index contributed by atoms with van der Waals surface area (Å²) in [5.41, 5.74) is 6.43. The quantitative estimate of drug-likeness (QED) is 0.871. The molecule has 1 aliphatic carbocycles. The molecule has 1 aromatic carbocycles. The van der Waals surface area contributed by atoms with Crippen molar-refractivity contribution in [2.24, 2.45) is 11.7 Å². The molecule has 0 aromatic heterocycles. The van der Waals surface area contributed by atoms with E-state index in [1.807, 2.05) is 0 Å². The van der Waals surface area contributed by atoms with E-state index in [1.54, 1.807) is 0 Å². The van der Waals surface area contributed by atoms with Gasteiger partial charge in [0.05, 0.1) is 0 Å². The topological polar surface area (TPSA) is 26.0 Å². The first kappa shape index (κ1) is 13.5. The van der Waals surface area contributed by atoms with Gasteiger partial charge in [0.1, 0.15) is 11.6 Å². The van der Waals surface area contributed by atoms with Crippen molar-refractivity contribution in [2.45, 2.75) is 51.0 Å². The van der Waals surface area contributed by atoms with Crippen LogP contribution in [0.2, 0.25) is 0 Å². The third-order valence-corrected chi connectivity index (χ3v) is 4.11. The van der Waals surface area contributed by atoms with Gasteiger partial charge in [0.25, 0.3) is 0 Å². The highest BCUT2D eigenvalue weighted by Crippen LogP contribution is 2.35. The fraction of sp³-hybridized carbons (Fsp3) is 0.600. The number of nitrogens with two attached hydrogens (primary N) is 1. The number of hydrogen-bond donors (Lipinski definition) is 1. The van der Waals surface area contributed by atoms with Crippen molar-refractivity contribution in [3.63, 3.8) is 0 Å². The highest BCUT2D eigenvalue weighted by Gasteiger charge is 2.32. The Hall–Kier alpha value is -0.960. The molecule has 18 heavy (non-hydrogen) atoms. The molecule has 1 aliphatic rings. The second-order valence-electron chi connectivity index (χ2n) is 5.65. The lowest BCUT2D eigenvalue weighted by Crippen LogP contribution is -2.46. The van der Waals surface area contributed by atoms with Crippen LogP contribution in [0.25, 0.3) is 0 Å². The zero-order valence-electron chi connectivity index (χ0n) is 10.9. The van der Waals surface area contributed by atoms with E-state index in [1.165, 1.54) is 18.6 Å². The van der Waals surface area contributed by atoms with Gasteiger partial charge in [-0.25, -0.2) is 8.78 Å². The van der Waals surface area contributed by atoms with Gasteiger partial charge in [-0.15, -0.1) is 0 Å². The summed E-state index contributed by atoms with van der Waals surface area (Å²) >= 11 is 0. The predicted octanol–water partition coefficient (Wildman–Crippen LogP) is 3.81. The Balaban J connectivity index is 2.14. The Bertz CT molecular complexity index is 419. The minimum atomic E-state index is -0.391. The van der Waals surface area contributed by atoms with Crippen LogP contribution in [0.5, 0.6) is 0 Å². The SMILES string of the molecule is CCC1CCCC(N)(Cc2cc(F)ccc2F)C1. The van der Waals surface area contributed by atoms with Crippen LogP contribution < -0.4 is 5.73 Å². The van der Waals surface area contributed by atoms with E-state index in [0.717, 1.165) is 31.7 Å². The summed E-state index contributed by atoms with van der Waals surface area (Å²) in [6, 6.07) is 3.62. The van der Waals surface area contributed by atoms with Gasteiger partial charge in [-0.2, -0.15) is 0 Å². The van der Waals surface area contributed by atoms with Gasteiger partial charge in [-0.1, -0.05) is 26.2 Å². The first-order chi connectivity index (χ1) is 8.52. The van der Waals surface area contributed by atoms with Crippen molar-refractivity contribution in [1.29, 1.82) is 0 Å². The van der Waals surface area contributed by atoms with Gasteiger partial charge in [-0.05, 0) is 48.9 Å². The number of rotatable bonds is 3. The van der Waals surface area contributed by atoms with Crippen molar-refractivity contribution in [3.05, 3.63) is 35.4 Å². The summed E-state index contributed by atoms with van der Waals surface area (Å²) < 4.78 is 26.8. The van der Waals surface area contributed by atoms with E-state index in [2.05, 4.69) is 6.92 Å². The maximum absolute atomic E-state index is 13.7. The molecule has 1 nitrogen and oxygen atoms in total. The molecule has 0 heterocycles. The molecule has 2 rings (SSSR count). The minimum Gasteiger partial charge on any atom is -0.325 e. The first-order valence-electron chi connectivity index (χ1n) is 6.75. The molecule has 0 saturated heterocycles. The Morgan fingerprint density at radius 3 is 2.89 bits per heavy atom. The predicted molar refractivity (Wildman–Crippen MR) is 69.2 cm³/mol. The van der Waals surface area contributed by atoms with Gasteiger partial charge in [0.15, 0.2) is 0 Å². The van der Waals surface area contributed by atoms with Crippen LogP contribution in [0.4, 0.5) is 8.78 Å². The second kappa shape index (κ2) is 5.35. The zero-order valence-corrected chi connectivity index (χ0v) is 10.9. The number of benzene rings is 1. The molecule has 1 fully saturated rings. The normalized spacial score (nSPS) is 28.3. The van der Waals surface area contributed by atoms with E-state index in [0.29, 0.717) is 17.9 Å². The highest BCUT2D eigenvalue weighted by molar-refractivity contribution is 5.21. The molecule has 2 N–H and O–H groups in total. The van der Waals surface area contributed by atoms with Crippen molar-refractivity contribution in [1.82, 2.24) is 0 Å². The Morgan fingerprint density at radius 2 is 2.17 bits per heavy atom. The average Bonchev–Trinajstić information content (AvgIpc) is 2.33. The van der Waals surface area contributed by atoms with Gasteiger partial charge >= 0.3 is 0 Å². The van der Waals surface area contributed by atoms with Crippen molar-refractivity contribution < 1.29 is 8.78 Å². The van der Waals surface area contributed by atoms with Crippen LogP contribution in [0.3, 0.4) is 0 Å². The van der Waals surface area contributed by atoms with E-state index >= 15 is 0 Å². The molecular weight excluding hydrogens is 232 g/mol. The smallest absolute Gasteiger partial charge is 0.126 e. The lowest BCUT2D eigenvalue weighted by Gasteiger charge is -2.38. The standard InChI is InChI=1S/C15H21F2N/c1-2-11-4-3-7-15(18,9-11)10-12-8-13(16)5-6-14(12)17/h5-6,8,11H,2-4,7,9-10,18H2,1H3. The molecule has 100 valence electrons. The number of halogens is 2. The fourth-order valence-corrected chi connectivity index (χ4v) is 3.09. The van der Waals surface area contributed by atoms with Gasteiger partial charge in [0.2, 0.25) is 0 Å². The van der Waals surface area contributed by atoms with Crippen molar-refractivity contribution in [2.75, 3.05) is 0 Å². The monoisotopic (exact) mass is 253 g/mol. The van der Waals surface area contributed by atoms with E-state index < -0.39 is 5.82 Å². The summed E-state index contributed by atoms with van der Waals surface area (Å²) in [4.78, 5) is 0. The molecule has 0 radical (unpaired) electrons. The number of hydrogen-bond acceptors (Lipinski definition) is 1. The van der Waals surface area contributed by atoms with Crippen LogP contribution >= 0.6 is 0 Å². The largest absolute Gasteiger partial charge is 0.325 e. The molecular formula is C15H21F2N. The molecule has 0 spiro atoms. The first-order valence-corrected chi connectivity index (χ1v) is 6.75. The maximum atomic E-state index is 13.7. The molecule has 1 aromatic rings. The summed E-state index contributed by atoms with van der Waals surface area (Å²) in [6.45, 7) is 2.17. The summed E-state index contributed by atoms with van der Waals surface area (Å²) in [7, 11) is 0. The minimum absolute atomic E-state index is 0.347. The summed E-state index contributed by atoms with van der Waals surface area (Å²) in [6.07, 6.45) is 5.67. The molecule has 0 amide bonds. The molecule has 0 aliphatic heterocycles. The molecule has 0 bridgehead atoms. The van der Waals surface area contributed by atoms with Gasteiger partial charge in [-0.3, -0.25) is 0 Å². The van der Waals surface area contributed by atoms with Gasteiger partial charge in [0, 0.05) is 5.54 Å². The van der Waals surface area contributed by atoms with Crippen LogP contribution in [0.15, 0.2) is 18.2 Å². The van der Waals surface area contributed by atoms with E-state index in [-0.39, 0.29) is 11.4 Å². The van der Waals surface area contributed by atoms with Crippen LogP contribution in [0.1, 0.15) is 44.6 Å². The zero-order chi connectivity index (χ0) is 13.2. The van der Waals surface area contributed by atoms with Crippen LogP contribution in [0, 0.1) is 17.6 Å². The third-order valence-electron chi connectivity index (χ3n) is 4.11. The molecule has 3 heteroatoms. The Morgan fingerprint density at radius 1 is 1.39 bits per heavy atom. The highest BCUT2D eigenvalue weighted by atomic mass is 19.1. The van der Waals surface area contributed by atoms with Crippen molar-refractivity contribution >= 4 is 0 Å². The fourth-order valence-electron chi connectivity index (χ4n) is 3.09. The summed E-state index contributed by atoms with van der Waals surface area (Å²) in [5, 5.41) is 0. The van der Waals surface area contributed by atoms with E-state index in [9.17, 15) is 8.78 Å². The van der Waals surface area contributed by atoms with Gasteiger partial charge < -0.3 is 5.73 Å². The second-order valence-corrected chi connectivity index (χ2v) is 5.65. The lowest BCUT2D eigenvalue weighted by atomic mass is 9.72. The maximum Gasteiger partial charge on any atom is 0.126 e. The third kappa shape index (κ3) is 3.08. The van der Waals surface area contributed by atoms with Crippen LogP contribution in [-0.4, -0.2) is 5.54 Å².